The maximum Gasteiger partial charge on any atom is 0.164 e. The van der Waals surface area contributed by atoms with Crippen LogP contribution in [0.5, 0.6) is 17.2 Å². The first kappa shape index (κ1) is 14.0. The second kappa shape index (κ2) is 6.69. The van der Waals surface area contributed by atoms with Crippen molar-refractivity contribution in [3.05, 3.63) is 17.7 Å². The lowest BCUT2D eigenvalue weighted by Crippen LogP contribution is -2.12. The van der Waals surface area contributed by atoms with Crippen LogP contribution in [0.15, 0.2) is 12.1 Å². The van der Waals surface area contributed by atoms with Gasteiger partial charge in [0.1, 0.15) is 11.9 Å². The van der Waals surface area contributed by atoms with Gasteiger partial charge in [0.05, 0.1) is 0 Å². The summed E-state index contributed by atoms with van der Waals surface area (Å²) in [7, 11) is 0. The lowest BCUT2D eigenvalue weighted by Gasteiger charge is -2.10. The number of rotatable bonds is 7. The molecule has 0 aromatic heterocycles. The van der Waals surface area contributed by atoms with Crippen molar-refractivity contribution in [3.8, 4) is 17.2 Å². The van der Waals surface area contributed by atoms with Crippen molar-refractivity contribution in [2.75, 3.05) is 0 Å². The topological polar surface area (TPSA) is 49.7 Å². The average Bonchev–Trinajstić information content (AvgIpc) is 2.76. The van der Waals surface area contributed by atoms with E-state index in [2.05, 4.69) is 6.92 Å². The van der Waals surface area contributed by atoms with Crippen LogP contribution in [0.4, 0.5) is 0 Å². The van der Waals surface area contributed by atoms with Crippen molar-refractivity contribution < 1.29 is 14.9 Å². The Morgan fingerprint density at radius 3 is 2.63 bits per heavy atom. The molecule has 1 aliphatic heterocycles. The fourth-order valence-electron chi connectivity index (χ4n) is 2.71. The van der Waals surface area contributed by atoms with Crippen LogP contribution in [-0.4, -0.2) is 16.3 Å². The quantitative estimate of drug-likeness (QED) is 0.727. The molecule has 1 aliphatic rings. The molecule has 0 spiro atoms. The molecule has 1 aromatic carbocycles. The van der Waals surface area contributed by atoms with E-state index in [4.69, 9.17) is 4.74 Å². The minimum absolute atomic E-state index is 0.0560. The van der Waals surface area contributed by atoms with E-state index in [0.29, 0.717) is 5.75 Å². The van der Waals surface area contributed by atoms with E-state index in [-0.39, 0.29) is 17.6 Å². The molecule has 2 N–H and O–H groups in total. The molecular weight excluding hydrogens is 240 g/mol. The molecule has 3 nitrogen and oxygen atoms in total. The number of benzene rings is 1. The number of unbranched alkanes of at least 4 members (excludes halogenated alkanes) is 5. The summed E-state index contributed by atoms with van der Waals surface area (Å²) in [6, 6.07) is 3.03. The molecule has 1 heterocycles. The number of ether oxygens (including phenoxy) is 1. The van der Waals surface area contributed by atoms with Crippen LogP contribution in [0.2, 0.25) is 0 Å². The smallest absolute Gasteiger partial charge is 0.164 e. The molecule has 0 bridgehead atoms. The van der Waals surface area contributed by atoms with Crippen LogP contribution in [0.25, 0.3) is 0 Å². The maximum absolute atomic E-state index is 9.71. The fourth-order valence-corrected chi connectivity index (χ4v) is 2.71. The van der Waals surface area contributed by atoms with Crippen LogP contribution >= 0.6 is 0 Å². The predicted molar refractivity (Wildman–Crippen MR) is 75.9 cm³/mol. The second-order valence-electron chi connectivity index (χ2n) is 5.45. The van der Waals surface area contributed by atoms with Crippen LogP contribution in [0.1, 0.15) is 57.4 Å². The van der Waals surface area contributed by atoms with Gasteiger partial charge in [-0.15, -0.1) is 0 Å². The predicted octanol–water partition coefficient (Wildman–Crippen LogP) is 4.15. The van der Waals surface area contributed by atoms with Crippen LogP contribution in [-0.2, 0) is 6.42 Å². The van der Waals surface area contributed by atoms with E-state index in [9.17, 15) is 10.2 Å². The monoisotopic (exact) mass is 264 g/mol. The highest BCUT2D eigenvalue weighted by Crippen LogP contribution is 2.41. The third kappa shape index (κ3) is 3.79. The van der Waals surface area contributed by atoms with E-state index in [0.717, 1.165) is 18.4 Å². The summed E-state index contributed by atoms with van der Waals surface area (Å²) in [6.45, 7) is 2.23. The Bertz CT molecular complexity index is 415. The summed E-state index contributed by atoms with van der Waals surface area (Å²) in [5, 5.41) is 19.2. The molecule has 106 valence electrons. The van der Waals surface area contributed by atoms with Crippen molar-refractivity contribution in [3.63, 3.8) is 0 Å². The van der Waals surface area contributed by atoms with Crippen molar-refractivity contribution in [2.24, 2.45) is 0 Å². The molecule has 0 fully saturated rings. The number of fused-ring (bicyclic) bond motifs is 1. The first-order valence-electron chi connectivity index (χ1n) is 7.42. The average molecular weight is 264 g/mol. The van der Waals surface area contributed by atoms with Gasteiger partial charge in [-0.25, -0.2) is 0 Å². The van der Waals surface area contributed by atoms with Crippen LogP contribution in [0, 0.1) is 0 Å². The van der Waals surface area contributed by atoms with Gasteiger partial charge in [0.25, 0.3) is 0 Å². The molecule has 1 aromatic rings. The zero-order chi connectivity index (χ0) is 13.7. The summed E-state index contributed by atoms with van der Waals surface area (Å²) in [5.74, 6) is 0.731. The SMILES string of the molecule is CCCCCCCCC1Cc2cc(O)cc(O)c2O1. The summed E-state index contributed by atoms with van der Waals surface area (Å²) < 4.78 is 5.76. The Morgan fingerprint density at radius 1 is 1.11 bits per heavy atom. The van der Waals surface area contributed by atoms with Gasteiger partial charge >= 0.3 is 0 Å². The van der Waals surface area contributed by atoms with Crippen molar-refractivity contribution in [2.45, 2.75) is 64.4 Å². The lowest BCUT2D eigenvalue weighted by atomic mass is 10.0. The van der Waals surface area contributed by atoms with E-state index in [1.807, 2.05) is 0 Å². The minimum Gasteiger partial charge on any atom is -0.508 e. The van der Waals surface area contributed by atoms with Gasteiger partial charge in [-0.2, -0.15) is 0 Å². The maximum atomic E-state index is 9.71. The second-order valence-corrected chi connectivity index (χ2v) is 5.45. The zero-order valence-corrected chi connectivity index (χ0v) is 11.7. The van der Waals surface area contributed by atoms with Crippen LogP contribution < -0.4 is 4.74 Å². The summed E-state index contributed by atoms with van der Waals surface area (Å²) >= 11 is 0. The molecule has 0 amide bonds. The molecule has 0 aliphatic carbocycles. The van der Waals surface area contributed by atoms with Crippen molar-refractivity contribution in [1.29, 1.82) is 0 Å². The van der Waals surface area contributed by atoms with E-state index < -0.39 is 0 Å². The third-order valence-corrected chi connectivity index (χ3v) is 3.74. The number of hydrogen-bond donors (Lipinski definition) is 2. The van der Waals surface area contributed by atoms with Crippen LogP contribution in [0.3, 0.4) is 0 Å². The largest absolute Gasteiger partial charge is 0.508 e. The third-order valence-electron chi connectivity index (χ3n) is 3.74. The number of aromatic hydroxyl groups is 2. The molecule has 2 rings (SSSR count). The molecular formula is C16H24O3. The van der Waals surface area contributed by atoms with Gasteiger partial charge in [0.2, 0.25) is 0 Å². The lowest BCUT2D eigenvalue weighted by molar-refractivity contribution is 0.209. The van der Waals surface area contributed by atoms with E-state index in [1.54, 1.807) is 6.07 Å². The summed E-state index contributed by atoms with van der Waals surface area (Å²) in [4.78, 5) is 0. The van der Waals surface area contributed by atoms with Gasteiger partial charge < -0.3 is 14.9 Å². The number of phenols is 2. The van der Waals surface area contributed by atoms with Gasteiger partial charge in [0.15, 0.2) is 11.5 Å². The highest BCUT2D eigenvalue weighted by molar-refractivity contribution is 5.52. The van der Waals surface area contributed by atoms with Gasteiger partial charge in [-0.1, -0.05) is 39.0 Å². The number of hydrogen-bond acceptors (Lipinski definition) is 3. The molecule has 1 unspecified atom stereocenters. The highest BCUT2D eigenvalue weighted by atomic mass is 16.5. The molecule has 0 saturated carbocycles. The first-order valence-corrected chi connectivity index (χ1v) is 7.42. The van der Waals surface area contributed by atoms with E-state index >= 15 is 0 Å². The van der Waals surface area contributed by atoms with Crippen molar-refractivity contribution in [1.82, 2.24) is 0 Å². The summed E-state index contributed by atoms with van der Waals surface area (Å²) in [5.41, 5.74) is 0.925. The minimum atomic E-state index is 0.0560. The molecule has 0 radical (unpaired) electrons. The zero-order valence-electron chi connectivity index (χ0n) is 11.7. The first-order chi connectivity index (χ1) is 9.20. The fraction of sp³-hybridized carbons (Fsp3) is 0.625. The van der Waals surface area contributed by atoms with Crippen molar-refractivity contribution >= 4 is 0 Å². The Kier molecular flexibility index (Phi) is 4.94. The Labute approximate surface area is 115 Å². The standard InChI is InChI=1S/C16H24O3/c1-2-3-4-5-6-7-8-14-10-12-9-13(17)11-15(18)16(12)19-14/h9,11,14,17-18H,2-8,10H2,1H3. The molecule has 3 heteroatoms. The Balaban J connectivity index is 1.73. The Morgan fingerprint density at radius 2 is 1.84 bits per heavy atom. The van der Waals surface area contributed by atoms with E-state index in [1.165, 1.54) is 44.6 Å². The normalized spacial score (nSPS) is 17.2. The molecule has 1 atom stereocenters. The van der Waals surface area contributed by atoms with Gasteiger partial charge in [-0.05, 0) is 18.9 Å². The molecule has 0 saturated heterocycles. The highest BCUT2D eigenvalue weighted by Gasteiger charge is 2.25. The van der Waals surface area contributed by atoms with Gasteiger partial charge in [-0.3, -0.25) is 0 Å². The summed E-state index contributed by atoms with van der Waals surface area (Å²) in [6.07, 6.45) is 9.67. The Hall–Kier alpha value is -1.38. The molecule has 19 heavy (non-hydrogen) atoms. The number of phenolic OH excluding ortho intramolecular Hbond substituents is 2. The van der Waals surface area contributed by atoms with Gasteiger partial charge in [0, 0.05) is 18.1 Å².